The van der Waals surface area contributed by atoms with E-state index in [2.05, 4.69) is 5.32 Å². The van der Waals surface area contributed by atoms with E-state index in [-0.39, 0.29) is 43.5 Å². The molecule has 1 atom stereocenters. The van der Waals surface area contributed by atoms with Gasteiger partial charge >= 0.3 is 12.1 Å². The van der Waals surface area contributed by atoms with Gasteiger partial charge in [-0.15, -0.1) is 0 Å². The van der Waals surface area contributed by atoms with Crippen molar-refractivity contribution in [1.82, 2.24) is 9.62 Å². The highest BCUT2D eigenvalue weighted by Gasteiger charge is 2.31. The van der Waals surface area contributed by atoms with Gasteiger partial charge in [0.15, 0.2) is 0 Å². The van der Waals surface area contributed by atoms with E-state index in [1.165, 1.54) is 24.3 Å². The van der Waals surface area contributed by atoms with Gasteiger partial charge in [0.2, 0.25) is 0 Å². The van der Waals surface area contributed by atoms with Gasteiger partial charge in [-0.25, -0.2) is 13.1 Å². The van der Waals surface area contributed by atoms with Crippen LogP contribution in [0.3, 0.4) is 0 Å². The van der Waals surface area contributed by atoms with Gasteiger partial charge in [0.25, 0.3) is 0 Å². The number of aliphatic hydroxyl groups is 1. The van der Waals surface area contributed by atoms with Crippen molar-refractivity contribution in [3.63, 3.8) is 0 Å². The Bertz CT molecular complexity index is 1030. The van der Waals surface area contributed by atoms with Gasteiger partial charge in [-0.1, -0.05) is 6.07 Å². The van der Waals surface area contributed by atoms with Crippen LogP contribution in [-0.2, 0) is 23.8 Å². The number of hydrogen-bond acceptors (Lipinski definition) is 5. The molecule has 0 aromatic heterocycles. The summed E-state index contributed by atoms with van der Waals surface area (Å²) in [5.41, 5.74) is -0.954. The van der Waals surface area contributed by atoms with E-state index in [1.54, 1.807) is 11.4 Å². The lowest BCUT2D eigenvalue weighted by molar-refractivity contribution is -0.138. The molecule has 11 heteroatoms. The molecule has 0 aliphatic heterocycles. The number of benzene rings is 2. The highest BCUT2D eigenvalue weighted by molar-refractivity contribution is 7.97. The third kappa shape index (κ3) is 11.0. The Morgan fingerprint density at radius 2 is 1.76 bits per heavy atom. The van der Waals surface area contributed by atoms with E-state index < -0.39 is 41.0 Å². The Morgan fingerprint density at radius 1 is 1.11 bits per heavy atom. The average Bonchev–Trinajstić information content (AvgIpc) is 2.77. The maximum Gasteiger partial charge on any atom is 0.416 e. The third-order valence-electron chi connectivity index (χ3n) is 5.76. The summed E-state index contributed by atoms with van der Waals surface area (Å²) in [6.07, 6.45) is -4.33. The van der Waals surface area contributed by atoms with Crippen LogP contribution in [0.15, 0.2) is 41.3 Å². The Hall–Kier alpha value is -2.21. The SMILES string of the molecule is CN(C[C@H](O)CNC(C)(C)CCCc1c(F)cccc1F)Sc1cc(CCC(=O)O)cc(C(F)(F)F)c1. The van der Waals surface area contributed by atoms with Crippen molar-refractivity contribution in [2.45, 2.75) is 68.7 Å². The van der Waals surface area contributed by atoms with Gasteiger partial charge in [-0.05, 0) is 94.4 Å². The number of carboxylic acid groups (broad SMARTS) is 1. The minimum Gasteiger partial charge on any atom is -0.481 e. The van der Waals surface area contributed by atoms with Crippen LogP contribution in [0.25, 0.3) is 0 Å². The van der Waals surface area contributed by atoms with E-state index >= 15 is 0 Å². The van der Waals surface area contributed by atoms with Gasteiger partial charge in [0.1, 0.15) is 11.6 Å². The summed E-state index contributed by atoms with van der Waals surface area (Å²) in [7, 11) is 1.64. The first-order valence-corrected chi connectivity index (χ1v) is 12.6. The summed E-state index contributed by atoms with van der Waals surface area (Å²) in [5.74, 6) is -2.24. The average molecular weight is 549 g/mol. The molecule has 2 aromatic carbocycles. The van der Waals surface area contributed by atoms with Crippen molar-refractivity contribution in [3.05, 3.63) is 64.7 Å². The smallest absolute Gasteiger partial charge is 0.416 e. The summed E-state index contributed by atoms with van der Waals surface area (Å²) in [6.45, 7) is 4.18. The molecule has 5 nitrogen and oxygen atoms in total. The number of nitrogens with one attached hydrogen (secondary N) is 1. The molecule has 0 saturated heterocycles. The molecule has 206 valence electrons. The number of β-amino-alcohol motifs (C(OH)–C–C–N with tert-alkyl or cyclic N) is 1. The van der Waals surface area contributed by atoms with E-state index in [9.17, 15) is 31.9 Å². The molecule has 2 aromatic rings. The van der Waals surface area contributed by atoms with Crippen molar-refractivity contribution in [1.29, 1.82) is 0 Å². The number of alkyl halides is 3. The molecular formula is C26H33F5N2O3S. The van der Waals surface area contributed by atoms with Gasteiger partial charge in [0, 0.05) is 35.5 Å². The van der Waals surface area contributed by atoms with Gasteiger partial charge in [-0.2, -0.15) is 13.2 Å². The van der Waals surface area contributed by atoms with Crippen molar-refractivity contribution in [2.24, 2.45) is 0 Å². The molecule has 3 N–H and O–H groups in total. The summed E-state index contributed by atoms with van der Waals surface area (Å²) in [5, 5.41) is 22.5. The number of halogens is 5. The Kier molecular flexibility index (Phi) is 11.4. The van der Waals surface area contributed by atoms with Gasteiger partial charge in [-0.3, -0.25) is 4.79 Å². The van der Waals surface area contributed by atoms with Crippen LogP contribution in [0.1, 0.15) is 49.8 Å². The van der Waals surface area contributed by atoms with Crippen LogP contribution < -0.4 is 5.32 Å². The molecule has 0 heterocycles. The van der Waals surface area contributed by atoms with E-state index in [0.717, 1.165) is 24.1 Å². The lowest BCUT2D eigenvalue weighted by Crippen LogP contribution is -2.45. The van der Waals surface area contributed by atoms with Crippen molar-refractivity contribution in [2.75, 3.05) is 20.1 Å². The normalized spacial score (nSPS) is 13.2. The molecule has 37 heavy (non-hydrogen) atoms. The first-order chi connectivity index (χ1) is 17.2. The van der Waals surface area contributed by atoms with Crippen molar-refractivity contribution < 1.29 is 37.0 Å². The van der Waals surface area contributed by atoms with Crippen LogP contribution in [0.4, 0.5) is 22.0 Å². The monoisotopic (exact) mass is 548 g/mol. The predicted octanol–water partition coefficient (Wildman–Crippen LogP) is 5.69. The number of likely N-dealkylation sites (N-methyl/N-ethyl adjacent to an activating group) is 1. The van der Waals surface area contributed by atoms with Crippen molar-refractivity contribution >= 4 is 17.9 Å². The second-order valence-electron chi connectivity index (χ2n) is 9.63. The Balaban J connectivity index is 1.88. The zero-order valence-corrected chi connectivity index (χ0v) is 21.9. The second kappa shape index (κ2) is 13.5. The quantitative estimate of drug-likeness (QED) is 0.208. The number of nitrogens with zero attached hydrogens (tertiary/aromatic N) is 1. The minimum absolute atomic E-state index is 0.0261. The van der Waals surface area contributed by atoms with Crippen LogP contribution in [-0.4, -0.2) is 52.3 Å². The van der Waals surface area contributed by atoms with Crippen LogP contribution in [0.5, 0.6) is 0 Å². The second-order valence-corrected chi connectivity index (χ2v) is 10.9. The molecule has 2 rings (SSSR count). The first-order valence-electron chi connectivity index (χ1n) is 11.8. The van der Waals surface area contributed by atoms with E-state index in [1.807, 2.05) is 13.8 Å². The van der Waals surface area contributed by atoms with Gasteiger partial charge < -0.3 is 15.5 Å². The van der Waals surface area contributed by atoms with Crippen molar-refractivity contribution in [3.8, 4) is 0 Å². The van der Waals surface area contributed by atoms with Crippen LogP contribution in [0, 0.1) is 11.6 Å². The number of aryl methyl sites for hydroxylation is 1. The Morgan fingerprint density at radius 3 is 2.35 bits per heavy atom. The molecule has 0 aliphatic carbocycles. The molecule has 0 fully saturated rings. The lowest BCUT2D eigenvalue weighted by Gasteiger charge is -2.29. The molecular weight excluding hydrogens is 515 g/mol. The molecule has 0 radical (unpaired) electrons. The predicted molar refractivity (Wildman–Crippen MR) is 133 cm³/mol. The molecule has 0 saturated carbocycles. The van der Waals surface area contributed by atoms with Crippen LogP contribution in [0.2, 0.25) is 0 Å². The molecule has 0 unspecified atom stereocenters. The number of aliphatic carboxylic acids is 1. The summed E-state index contributed by atoms with van der Waals surface area (Å²) >= 11 is 1.03. The molecule has 0 spiro atoms. The van der Waals surface area contributed by atoms with E-state index in [4.69, 9.17) is 5.11 Å². The Labute approximate surface area is 218 Å². The largest absolute Gasteiger partial charge is 0.481 e. The molecule has 0 bridgehead atoms. The number of hydrogen-bond donors (Lipinski definition) is 3. The highest BCUT2D eigenvalue weighted by atomic mass is 32.2. The molecule has 0 amide bonds. The fourth-order valence-electron chi connectivity index (χ4n) is 3.81. The number of rotatable bonds is 14. The summed E-state index contributed by atoms with van der Waals surface area (Å²) in [6, 6.07) is 7.24. The summed E-state index contributed by atoms with van der Waals surface area (Å²) in [4.78, 5) is 11.1. The topological polar surface area (TPSA) is 72.8 Å². The number of carbonyl (C=O) groups is 1. The maximum absolute atomic E-state index is 13.8. The minimum atomic E-state index is -4.57. The number of aliphatic hydroxyl groups excluding tert-OH is 1. The first kappa shape index (κ1) is 31.0. The zero-order chi connectivity index (χ0) is 27.8. The summed E-state index contributed by atoms with van der Waals surface area (Å²) < 4.78 is 69.1. The number of carboxylic acids is 1. The van der Waals surface area contributed by atoms with Gasteiger partial charge in [0.05, 0.1) is 11.7 Å². The zero-order valence-electron chi connectivity index (χ0n) is 21.0. The maximum atomic E-state index is 13.8. The third-order valence-corrected chi connectivity index (χ3v) is 6.66. The standard InChI is InChI=1S/C26H33F5N2O3S/c1-25(2,11-5-6-21-22(27)7-4-8-23(21)28)32-15-19(34)16-33(3)37-20-13-17(9-10-24(35)36)12-18(14-20)26(29,30)31/h4,7-8,12-14,19,32,34H,5-6,9-11,15-16H2,1-3H3,(H,35,36)/t19-/m1/s1. The van der Waals surface area contributed by atoms with E-state index in [0.29, 0.717) is 17.7 Å². The molecule has 0 aliphatic rings. The fourth-order valence-corrected chi connectivity index (χ4v) is 4.80. The van der Waals surface area contributed by atoms with Crippen LogP contribution >= 0.6 is 11.9 Å². The lowest BCUT2D eigenvalue weighted by atomic mass is 9.95. The highest BCUT2D eigenvalue weighted by Crippen LogP contribution is 2.34. The fraction of sp³-hybridized carbons (Fsp3) is 0.500.